The first-order chi connectivity index (χ1) is 24.3. The predicted molar refractivity (Wildman–Crippen MR) is 201 cm³/mol. The first-order valence-electron chi connectivity index (χ1n) is 16.3. The standard InChI is InChI=1S/C32H32N6O7S6/c1-14(2)30-26(45)38-22-28(15-9-5-8-12-18(15)34-22,19(40)31(38,48-47-30)25(44)36(30)4)29-16-10-6-7-11-17(16)33-21(29)37-23(42)27(13-39)35(3)24(43)32(37,20(29)41)49-51-50-46-27/h5-12,14,19-22,33-34,39-41H,13H2,1-4H3/t19-,20-,21-,22+,27-,28-,29-,30-,31-,32-/m0/s1. The van der Waals surface area contributed by atoms with Crippen LogP contribution in [0.15, 0.2) is 48.5 Å². The van der Waals surface area contributed by atoms with Gasteiger partial charge in [0.2, 0.25) is 14.6 Å². The molecule has 268 valence electrons. The molecule has 0 saturated carbocycles. The van der Waals surface area contributed by atoms with Crippen molar-refractivity contribution >= 4 is 97.8 Å². The third-order valence-corrected chi connectivity index (χ3v) is 23.9. The lowest BCUT2D eigenvalue weighted by molar-refractivity contribution is -0.169. The molecule has 0 aliphatic carbocycles. The molecular weight excluding hydrogens is 773 g/mol. The minimum atomic E-state index is -1.93. The summed E-state index contributed by atoms with van der Waals surface area (Å²) in [4.78, 5) is 59.2. The fraction of sp³-hybridized carbons (Fsp3) is 0.500. The molecule has 5 N–H and O–H groups in total. The summed E-state index contributed by atoms with van der Waals surface area (Å²) in [6.45, 7) is 3.11. The van der Waals surface area contributed by atoms with E-state index in [9.17, 15) is 20.1 Å². The van der Waals surface area contributed by atoms with E-state index in [4.69, 9.17) is 0 Å². The molecule has 0 aromatic heterocycles. The van der Waals surface area contributed by atoms with Gasteiger partial charge in [0, 0.05) is 25.5 Å². The maximum absolute atomic E-state index is 15.2. The van der Waals surface area contributed by atoms with Crippen LogP contribution >= 0.6 is 62.8 Å². The van der Waals surface area contributed by atoms with Crippen molar-refractivity contribution in [2.45, 2.75) is 68.7 Å². The number of carbonyl (C=O) groups excluding carboxylic acids is 4. The largest absolute Gasteiger partial charge is 0.392 e. The fourth-order valence-electron chi connectivity index (χ4n) is 10.5. The number of rotatable bonds is 3. The number of aliphatic hydroxyl groups excluding tert-OH is 3. The Balaban J connectivity index is 1.34. The van der Waals surface area contributed by atoms with Crippen molar-refractivity contribution in [2.75, 3.05) is 31.3 Å². The topological polar surface area (TPSA) is 166 Å². The van der Waals surface area contributed by atoms with Gasteiger partial charge in [-0.25, -0.2) is 0 Å². The number of aliphatic hydroxyl groups is 3. The van der Waals surface area contributed by atoms with Gasteiger partial charge in [0.15, 0.2) is 4.87 Å². The minimum absolute atomic E-state index is 0.304. The van der Waals surface area contributed by atoms with Gasteiger partial charge >= 0.3 is 0 Å². The second kappa shape index (κ2) is 10.1. The highest BCUT2D eigenvalue weighted by Gasteiger charge is 2.92. The van der Waals surface area contributed by atoms with Crippen LogP contribution in [0.1, 0.15) is 25.0 Å². The first-order valence-corrected chi connectivity index (χ1v) is 23.3. The number of benzene rings is 2. The van der Waals surface area contributed by atoms with Gasteiger partial charge in [0.05, 0.1) is 17.4 Å². The third kappa shape index (κ3) is 3.05. The smallest absolute Gasteiger partial charge is 0.265 e. The summed E-state index contributed by atoms with van der Waals surface area (Å²) in [7, 11) is 10.1. The molecule has 10 aliphatic heterocycles. The highest BCUT2D eigenvalue weighted by molar-refractivity contribution is 9.26. The van der Waals surface area contributed by atoms with E-state index in [0.717, 1.165) is 21.6 Å². The Hall–Kier alpha value is -2.10. The molecule has 4 bridgehead atoms. The van der Waals surface area contributed by atoms with Gasteiger partial charge in [0.25, 0.3) is 23.6 Å². The van der Waals surface area contributed by atoms with Gasteiger partial charge in [-0.05, 0) is 81.2 Å². The van der Waals surface area contributed by atoms with E-state index in [1.807, 2.05) is 62.4 Å². The zero-order chi connectivity index (χ0) is 35.8. The molecule has 19 heteroatoms. The van der Waals surface area contributed by atoms with E-state index in [2.05, 4.69) is 10.6 Å². The SMILES string of the molecule is CC(C)[C@@]12SS[C@]3(C(=O)N1C)[C@@H](O)[C@@]1([C@]45c6ccccc6N[C@H]4N4C(=O)[C@]6(CO)SSSS[C@]4(C(=O)N6C)[C@H]5O)c4ccccc4N[C@@H]1N3C2=O. The molecule has 2 aromatic carbocycles. The Kier molecular flexibility index (Phi) is 6.66. The van der Waals surface area contributed by atoms with Crippen molar-refractivity contribution in [3.63, 3.8) is 0 Å². The average molecular weight is 805 g/mol. The van der Waals surface area contributed by atoms with Gasteiger partial charge in [-0.3, -0.25) is 29.0 Å². The Morgan fingerprint density at radius 1 is 0.686 bits per heavy atom. The van der Waals surface area contributed by atoms with Crippen molar-refractivity contribution in [3.05, 3.63) is 59.7 Å². The van der Waals surface area contributed by atoms with E-state index in [0.29, 0.717) is 22.5 Å². The number of piperazine rings is 2. The molecular formula is C32H32N6O7S6. The minimum Gasteiger partial charge on any atom is -0.392 e. The molecule has 8 saturated heterocycles. The zero-order valence-corrected chi connectivity index (χ0v) is 32.3. The van der Waals surface area contributed by atoms with Crippen LogP contribution in [0.25, 0.3) is 0 Å². The number of fused-ring (bicyclic) bond motifs is 13. The predicted octanol–water partition coefficient (Wildman–Crippen LogP) is 2.24. The summed E-state index contributed by atoms with van der Waals surface area (Å²) in [5.74, 6) is -2.23. The Labute approximate surface area is 315 Å². The molecule has 10 heterocycles. The lowest BCUT2D eigenvalue weighted by Crippen LogP contribution is -2.79. The van der Waals surface area contributed by atoms with E-state index in [-0.39, 0.29) is 11.8 Å². The number of likely N-dealkylation sites (N-methyl/N-ethyl adjacent to an activating group) is 2. The molecule has 2 aromatic rings. The molecule has 8 fully saturated rings. The average Bonchev–Trinajstić information content (AvgIpc) is 3.77. The molecule has 4 amide bonds. The Bertz CT molecular complexity index is 2020. The second-order valence-electron chi connectivity index (χ2n) is 14.5. The van der Waals surface area contributed by atoms with E-state index in [1.54, 1.807) is 7.05 Å². The molecule has 10 atom stereocenters. The summed E-state index contributed by atoms with van der Waals surface area (Å²) in [5, 5.41) is 45.1. The maximum Gasteiger partial charge on any atom is 0.265 e. The number of nitrogens with one attached hydrogen (secondary N) is 2. The number of amides is 4. The van der Waals surface area contributed by atoms with Gasteiger partial charge in [-0.15, -0.1) is 0 Å². The van der Waals surface area contributed by atoms with Gasteiger partial charge in [-0.2, -0.15) is 0 Å². The van der Waals surface area contributed by atoms with Gasteiger partial charge in [0.1, 0.15) is 24.5 Å². The van der Waals surface area contributed by atoms with Crippen molar-refractivity contribution in [2.24, 2.45) is 5.92 Å². The number of anilines is 2. The van der Waals surface area contributed by atoms with Crippen LogP contribution in [0.3, 0.4) is 0 Å². The van der Waals surface area contributed by atoms with Gasteiger partial charge in [-0.1, -0.05) is 61.0 Å². The molecule has 2 spiro atoms. The zero-order valence-electron chi connectivity index (χ0n) is 27.4. The summed E-state index contributed by atoms with van der Waals surface area (Å²) in [6, 6.07) is 14.6. The number of carbonyl (C=O) groups is 4. The maximum atomic E-state index is 15.2. The molecule has 0 radical (unpaired) electrons. The quantitative estimate of drug-likeness (QED) is 0.287. The number of para-hydroxylation sites is 2. The van der Waals surface area contributed by atoms with Crippen LogP contribution in [-0.4, -0.2) is 123 Å². The van der Waals surface area contributed by atoms with Crippen LogP contribution in [-0.2, 0) is 30.0 Å². The van der Waals surface area contributed by atoms with E-state index in [1.165, 1.54) is 67.9 Å². The molecule has 12 rings (SSSR count). The van der Waals surface area contributed by atoms with E-state index >= 15 is 14.4 Å². The molecule has 51 heavy (non-hydrogen) atoms. The number of hydrogen-bond donors (Lipinski definition) is 5. The number of nitrogens with zero attached hydrogens (tertiary/aromatic N) is 4. The number of hydrogen-bond acceptors (Lipinski definition) is 15. The van der Waals surface area contributed by atoms with Crippen LogP contribution in [0, 0.1) is 5.92 Å². The Morgan fingerprint density at radius 3 is 1.73 bits per heavy atom. The normalized spacial score (nSPS) is 44.2. The summed E-state index contributed by atoms with van der Waals surface area (Å²) in [5.41, 5.74) is -1.21. The van der Waals surface area contributed by atoms with Crippen LogP contribution in [0.4, 0.5) is 11.4 Å². The van der Waals surface area contributed by atoms with E-state index < -0.39 is 79.2 Å². The van der Waals surface area contributed by atoms with Crippen LogP contribution in [0.5, 0.6) is 0 Å². The highest BCUT2D eigenvalue weighted by Crippen LogP contribution is 2.78. The lowest BCUT2D eigenvalue weighted by atomic mass is 9.52. The summed E-state index contributed by atoms with van der Waals surface area (Å²) >= 11 is 0. The summed E-state index contributed by atoms with van der Waals surface area (Å²) < 4.78 is 0. The second-order valence-corrected chi connectivity index (χ2v) is 23.2. The lowest BCUT2D eigenvalue weighted by Gasteiger charge is -2.60. The van der Waals surface area contributed by atoms with Crippen molar-refractivity contribution in [3.8, 4) is 0 Å². The monoisotopic (exact) mass is 804 g/mol. The highest BCUT2D eigenvalue weighted by atomic mass is 33.7. The van der Waals surface area contributed by atoms with Crippen molar-refractivity contribution in [1.29, 1.82) is 0 Å². The molecule has 10 aliphatic rings. The molecule has 0 unspecified atom stereocenters. The van der Waals surface area contributed by atoms with Crippen LogP contribution in [0.2, 0.25) is 0 Å². The fourth-order valence-corrected chi connectivity index (χ4v) is 22.4. The Morgan fingerprint density at radius 2 is 1.18 bits per heavy atom. The third-order valence-electron chi connectivity index (χ3n) is 12.7. The van der Waals surface area contributed by atoms with Crippen molar-refractivity contribution in [1.82, 2.24) is 19.6 Å². The first kappa shape index (κ1) is 33.5. The van der Waals surface area contributed by atoms with Crippen molar-refractivity contribution < 1.29 is 34.5 Å². The van der Waals surface area contributed by atoms with Gasteiger partial charge < -0.3 is 35.8 Å². The summed E-state index contributed by atoms with van der Waals surface area (Å²) in [6.07, 6.45) is -5.63. The van der Waals surface area contributed by atoms with Crippen LogP contribution < -0.4 is 10.6 Å². The molecule has 13 nitrogen and oxygen atoms in total.